The number of methoxy groups -OCH3 is 1. The zero-order chi connectivity index (χ0) is 19.2. The predicted octanol–water partition coefficient (Wildman–Crippen LogP) is 0.808. The number of nitrogens with zero attached hydrogens (tertiary/aromatic N) is 7. The van der Waals surface area contributed by atoms with Crippen molar-refractivity contribution in [3.8, 4) is 5.69 Å². The fourth-order valence-corrected chi connectivity index (χ4v) is 2.56. The van der Waals surface area contributed by atoms with Crippen LogP contribution in [-0.2, 0) is 11.3 Å². The van der Waals surface area contributed by atoms with E-state index in [0.29, 0.717) is 30.9 Å². The number of hydrogen-bond acceptors (Lipinski definition) is 7. The number of ether oxygens (including phenoxy) is 1. The average molecular weight is 369 g/mol. The van der Waals surface area contributed by atoms with Crippen LogP contribution in [0.2, 0.25) is 0 Å². The zero-order valence-electron chi connectivity index (χ0n) is 15.0. The monoisotopic (exact) mass is 369 g/mol. The van der Waals surface area contributed by atoms with Crippen molar-refractivity contribution in [1.82, 2.24) is 34.9 Å². The van der Waals surface area contributed by atoms with Crippen molar-refractivity contribution in [2.45, 2.75) is 13.5 Å². The maximum atomic E-state index is 13.0. The van der Waals surface area contributed by atoms with Gasteiger partial charge in [-0.25, -0.2) is 4.79 Å². The fraction of sp³-hybridized carbons (Fsp3) is 0.294. The van der Waals surface area contributed by atoms with Gasteiger partial charge in [-0.05, 0) is 19.1 Å². The quantitative estimate of drug-likeness (QED) is 0.567. The summed E-state index contributed by atoms with van der Waals surface area (Å²) in [4.78, 5) is 28.9. The highest BCUT2D eigenvalue weighted by molar-refractivity contribution is 5.97. The largest absolute Gasteiger partial charge is 0.464 e. The molecule has 0 saturated carbocycles. The maximum Gasteiger partial charge on any atom is 0.360 e. The summed E-state index contributed by atoms with van der Waals surface area (Å²) in [7, 11) is 1.28. The van der Waals surface area contributed by atoms with Gasteiger partial charge in [0.1, 0.15) is 0 Å². The van der Waals surface area contributed by atoms with Crippen LogP contribution in [0.25, 0.3) is 5.69 Å². The Kier molecular flexibility index (Phi) is 5.55. The molecule has 1 aromatic carbocycles. The van der Waals surface area contributed by atoms with Gasteiger partial charge in [-0.15, -0.1) is 5.10 Å². The molecular weight excluding hydrogens is 350 g/mol. The molecule has 0 N–H and O–H groups in total. The SMILES string of the molecule is CCN(CCn1ncc(C(=O)OC)n1)C(=O)c1ccccc1-n1nccn1. The van der Waals surface area contributed by atoms with Crippen LogP contribution in [0, 0.1) is 0 Å². The second kappa shape index (κ2) is 8.21. The summed E-state index contributed by atoms with van der Waals surface area (Å²) in [6.45, 7) is 3.12. The van der Waals surface area contributed by atoms with Gasteiger partial charge in [-0.2, -0.15) is 24.9 Å². The number of amides is 1. The molecular formula is C17H19N7O3. The number of aromatic nitrogens is 6. The van der Waals surface area contributed by atoms with E-state index in [-0.39, 0.29) is 11.6 Å². The number of benzene rings is 1. The van der Waals surface area contributed by atoms with E-state index in [1.54, 1.807) is 35.5 Å². The molecule has 0 fully saturated rings. The number of likely N-dealkylation sites (N-methyl/N-ethyl adjacent to an activating group) is 1. The standard InChI is InChI=1S/C17H19N7O3/c1-3-22(10-11-23-20-12-14(21-23)17(26)27-2)16(25)13-6-4-5-7-15(13)24-18-8-9-19-24/h4-9,12H,3,10-11H2,1-2H3. The molecule has 2 heterocycles. The van der Waals surface area contributed by atoms with Gasteiger partial charge in [0.2, 0.25) is 0 Å². The van der Waals surface area contributed by atoms with E-state index in [4.69, 9.17) is 0 Å². The zero-order valence-corrected chi connectivity index (χ0v) is 15.0. The van der Waals surface area contributed by atoms with Crippen LogP contribution in [0.3, 0.4) is 0 Å². The smallest absolute Gasteiger partial charge is 0.360 e. The van der Waals surface area contributed by atoms with Crippen molar-refractivity contribution < 1.29 is 14.3 Å². The first-order chi connectivity index (χ1) is 13.1. The van der Waals surface area contributed by atoms with Gasteiger partial charge in [0, 0.05) is 13.1 Å². The van der Waals surface area contributed by atoms with Gasteiger partial charge in [0.25, 0.3) is 5.91 Å². The van der Waals surface area contributed by atoms with Crippen LogP contribution in [0.15, 0.2) is 42.9 Å². The summed E-state index contributed by atoms with van der Waals surface area (Å²) in [5, 5.41) is 16.3. The first-order valence-corrected chi connectivity index (χ1v) is 8.37. The first-order valence-electron chi connectivity index (χ1n) is 8.37. The molecule has 0 spiro atoms. The lowest BCUT2D eigenvalue weighted by atomic mass is 10.1. The lowest BCUT2D eigenvalue weighted by Gasteiger charge is -2.21. The molecule has 140 valence electrons. The average Bonchev–Trinajstić information content (AvgIpc) is 3.40. The summed E-state index contributed by atoms with van der Waals surface area (Å²) in [5.74, 6) is -0.698. The topological polar surface area (TPSA) is 108 Å². The Labute approximate surface area is 155 Å². The molecule has 0 atom stereocenters. The van der Waals surface area contributed by atoms with Crippen molar-refractivity contribution in [1.29, 1.82) is 0 Å². The van der Waals surface area contributed by atoms with Crippen LogP contribution < -0.4 is 0 Å². The van der Waals surface area contributed by atoms with E-state index in [1.807, 2.05) is 13.0 Å². The van der Waals surface area contributed by atoms with Crippen LogP contribution in [0.5, 0.6) is 0 Å². The van der Waals surface area contributed by atoms with Gasteiger partial charge >= 0.3 is 5.97 Å². The molecule has 0 saturated heterocycles. The van der Waals surface area contributed by atoms with E-state index < -0.39 is 5.97 Å². The Morgan fingerprint density at radius 2 is 1.89 bits per heavy atom. The minimum Gasteiger partial charge on any atom is -0.464 e. The fourth-order valence-electron chi connectivity index (χ4n) is 2.56. The summed E-state index contributed by atoms with van der Waals surface area (Å²) in [6, 6.07) is 7.16. The lowest BCUT2D eigenvalue weighted by Crippen LogP contribution is -2.34. The molecule has 0 bridgehead atoms. The van der Waals surface area contributed by atoms with Gasteiger partial charge in [-0.3, -0.25) is 4.79 Å². The van der Waals surface area contributed by atoms with E-state index in [0.717, 1.165) is 0 Å². The van der Waals surface area contributed by atoms with Crippen LogP contribution in [0.1, 0.15) is 27.8 Å². The number of carbonyl (C=O) groups is 2. The molecule has 0 aliphatic heterocycles. The molecule has 3 rings (SSSR count). The van der Waals surface area contributed by atoms with E-state index >= 15 is 0 Å². The number of hydrogen-bond donors (Lipinski definition) is 0. The Morgan fingerprint density at radius 3 is 2.59 bits per heavy atom. The normalized spacial score (nSPS) is 10.6. The summed E-state index contributed by atoms with van der Waals surface area (Å²) >= 11 is 0. The van der Waals surface area contributed by atoms with E-state index in [2.05, 4.69) is 25.1 Å². The molecule has 2 aromatic heterocycles. The summed E-state index contributed by atoms with van der Waals surface area (Å²) in [6.07, 6.45) is 4.45. The Morgan fingerprint density at radius 1 is 1.15 bits per heavy atom. The first kappa shape index (κ1) is 18.2. The second-order valence-corrected chi connectivity index (χ2v) is 5.54. The third-order valence-corrected chi connectivity index (χ3v) is 3.94. The third-order valence-electron chi connectivity index (χ3n) is 3.94. The molecule has 0 aliphatic rings. The number of rotatable bonds is 7. The van der Waals surface area contributed by atoms with Gasteiger partial charge in [-0.1, -0.05) is 12.1 Å². The Balaban J connectivity index is 1.74. The molecule has 3 aromatic rings. The minimum absolute atomic E-state index is 0.127. The number of para-hydroxylation sites is 1. The van der Waals surface area contributed by atoms with Crippen molar-refractivity contribution >= 4 is 11.9 Å². The second-order valence-electron chi connectivity index (χ2n) is 5.54. The predicted molar refractivity (Wildman–Crippen MR) is 94.3 cm³/mol. The van der Waals surface area contributed by atoms with Crippen molar-refractivity contribution in [2.75, 3.05) is 20.2 Å². The van der Waals surface area contributed by atoms with Crippen LogP contribution in [0.4, 0.5) is 0 Å². The van der Waals surface area contributed by atoms with E-state index in [1.165, 1.54) is 22.9 Å². The molecule has 0 unspecified atom stereocenters. The van der Waals surface area contributed by atoms with Crippen LogP contribution in [-0.4, -0.2) is 67.0 Å². The number of carbonyl (C=O) groups excluding carboxylic acids is 2. The highest BCUT2D eigenvalue weighted by Crippen LogP contribution is 2.15. The van der Waals surface area contributed by atoms with E-state index in [9.17, 15) is 9.59 Å². The van der Waals surface area contributed by atoms with Gasteiger partial charge in [0.15, 0.2) is 5.69 Å². The van der Waals surface area contributed by atoms with Gasteiger partial charge in [0.05, 0.1) is 43.5 Å². The van der Waals surface area contributed by atoms with Crippen LogP contribution >= 0.6 is 0 Å². The molecule has 1 amide bonds. The molecule has 27 heavy (non-hydrogen) atoms. The minimum atomic E-state index is -0.551. The summed E-state index contributed by atoms with van der Waals surface area (Å²) in [5.41, 5.74) is 1.23. The highest BCUT2D eigenvalue weighted by atomic mass is 16.5. The molecule has 10 nitrogen and oxygen atoms in total. The molecule has 0 radical (unpaired) electrons. The van der Waals surface area contributed by atoms with Crippen molar-refractivity contribution in [3.05, 3.63) is 54.1 Å². The van der Waals surface area contributed by atoms with Crippen molar-refractivity contribution in [2.24, 2.45) is 0 Å². The molecule has 0 aliphatic carbocycles. The van der Waals surface area contributed by atoms with Gasteiger partial charge < -0.3 is 9.64 Å². The highest BCUT2D eigenvalue weighted by Gasteiger charge is 2.19. The summed E-state index contributed by atoms with van der Waals surface area (Å²) < 4.78 is 4.61. The third kappa shape index (κ3) is 4.00. The van der Waals surface area contributed by atoms with Crippen molar-refractivity contribution in [3.63, 3.8) is 0 Å². The lowest BCUT2D eigenvalue weighted by molar-refractivity contribution is 0.0591. The maximum absolute atomic E-state index is 13.0. The molecule has 10 heteroatoms. The number of esters is 1. The Hall–Kier alpha value is -3.56. The Bertz CT molecular complexity index is 920.